The molecule has 0 aromatic carbocycles. The molecule has 0 bridgehead atoms. The standard InChI is InChI=1S/C16H22N6O/c23-14(3-1-8-22-12-17-11-19-22)21-7-2-5-16(10-21)6-4-13-9-18-20-15(13)16/h9,11-12H,1-8,10H2,(H,18,20). The van der Waals surface area contributed by atoms with E-state index in [2.05, 4.69) is 25.2 Å². The maximum absolute atomic E-state index is 12.6. The van der Waals surface area contributed by atoms with E-state index in [1.807, 2.05) is 6.20 Å². The van der Waals surface area contributed by atoms with Gasteiger partial charge in [0, 0.05) is 37.2 Å². The Bertz CT molecular complexity index is 679. The molecular formula is C16H22N6O. The largest absolute Gasteiger partial charge is 0.342 e. The summed E-state index contributed by atoms with van der Waals surface area (Å²) in [4.78, 5) is 18.5. The van der Waals surface area contributed by atoms with Crippen LogP contribution in [-0.2, 0) is 23.2 Å². The molecule has 7 nitrogen and oxygen atoms in total. The Hall–Kier alpha value is -2.18. The van der Waals surface area contributed by atoms with E-state index in [4.69, 9.17) is 0 Å². The monoisotopic (exact) mass is 314 g/mol. The quantitative estimate of drug-likeness (QED) is 0.922. The van der Waals surface area contributed by atoms with Gasteiger partial charge in [0.15, 0.2) is 0 Å². The van der Waals surface area contributed by atoms with Gasteiger partial charge in [0.1, 0.15) is 12.7 Å². The molecule has 7 heteroatoms. The number of likely N-dealkylation sites (tertiary alicyclic amines) is 1. The van der Waals surface area contributed by atoms with E-state index < -0.39 is 0 Å². The Morgan fingerprint density at radius 2 is 2.35 bits per heavy atom. The summed E-state index contributed by atoms with van der Waals surface area (Å²) in [5, 5.41) is 11.5. The molecule has 1 aliphatic carbocycles. The zero-order valence-electron chi connectivity index (χ0n) is 13.2. The van der Waals surface area contributed by atoms with E-state index >= 15 is 0 Å². The van der Waals surface area contributed by atoms with Crippen LogP contribution < -0.4 is 0 Å². The number of fused-ring (bicyclic) bond motifs is 2. The average Bonchev–Trinajstić information content (AvgIpc) is 3.28. The summed E-state index contributed by atoms with van der Waals surface area (Å²) in [7, 11) is 0. The molecule has 23 heavy (non-hydrogen) atoms. The minimum absolute atomic E-state index is 0.117. The van der Waals surface area contributed by atoms with Crippen LogP contribution in [0.15, 0.2) is 18.9 Å². The van der Waals surface area contributed by atoms with Gasteiger partial charge in [-0.1, -0.05) is 0 Å². The molecule has 2 aromatic rings. The third-order valence-electron chi connectivity index (χ3n) is 5.30. The van der Waals surface area contributed by atoms with Gasteiger partial charge in [0.25, 0.3) is 0 Å². The second-order valence-electron chi connectivity index (χ2n) is 6.73. The van der Waals surface area contributed by atoms with Gasteiger partial charge in [-0.3, -0.25) is 14.6 Å². The lowest BCUT2D eigenvalue weighted by atomic mass is 9.77. The summed E-state index contributed by atoms with van der Waals surface area (Å²) in [5.41, 5.74) is 2.73. The van der Waals surface area contributed by atoms with Crippen molar-refractivity contribution in [3.8, 4) is 0 Å². The Labute approximate surface area is 135 Å². The van der Waals surface area contributed by atoms with E-state index in [0.29, 0.717) is 6.42 Å². The van der Waals surface area contributed by atoms with Crippen LogP contribution in [0.1, 0.15) is 43.4 Å². The molecule has 122 valence electrons. The molecule has 1 N–H and O–H groups in total. The summed E-state index contributed by atoms with van der Waals surface area (Å²) in [6.07, 6.45) is 11.0. The third-order valence-corrected chi connectivity index (χ3v) is 5.30. The fraction of sp³-hybridized carbons (Fsp3) is 0.625. The molecule has 2 aliphatic rings. The number of aryl methyl sites for hydroxylation is 2. The van der Waals surface area contributed by atoms with Crippen LogP contribution in [0.4, 0.5) is 0 Å². The number of carbonyl (C=O) groups excluding carboxylic acids is 1. The second-order valence-corrected chi connectivity index (χ2v) is 6.73. The van der Waals surface area contributed by atoms with Crippen molar-refractivity contribution in [1.29, 1.82) is 0 Å². The van der Waals surface area contributed by atoms with Crippen molar-refractivity contribution in [3.05, 3.63) is 30.1 Å². The number of nitrogens with one attached hydrogen (secondary N) is 1. The molecular weight excluding hydrogens is 292 g/mol. The predicted octanol–water partition coefficient (Wildman–Crippen LogP) is 1.29. The zero-order valence-corrected chi connectivity index (χ0v) is 13.2. The van der Waals surface area contributed by atoms with Crippen LogP contribution in [0.2, 0.25) is 0 Å². The van der Waals surface area contributed by atoms with Crippen LogP contribution in [0.3, 0.4) is 0 Å². The Morgan fingerprint density at radius 3 is 3.22 bits per heavy atom. The van der Waals surface area contributed by atoms with Crippen molar-refractivity contribution >= 4 is 5.91 Å². The van der Waals surface area contributed by atoms with Gasteiger partial charge >= 0.3 is 0 Å². The molecule has 3 heterocycles. The van der Waals surface area contributed by atoms with E-state index in [9.17, 15) is 4.79 Å². The Morgan fingerprint density at radius 1 is 1.39 bits per heavy atom. The lowest BCUT2D eigenvalue weighted by molar-refractivity contribution is -0.133. The zero-order chi connectivity index (χ0) is 15.7. The van der Waals surface area contributed by atoms with Crippen molar-refractivity contribution in [2.24, 2.45) is 0 Å². The first kappa shape index (κ1) is 14.4. The first-order valence-corrected chi connectivity index (χ1v) is 8.40. The topological polar surface area (TPSA) is 79.7 Å². The second kappa shape index (κ2) is 5.79. The van der Waals surface area contributed by atoms with E-state index in [-0.39, 0.29) is 11.3 Å². The highest BCUT2D eigenvalue weighted by molar-refractivity contribution is 5.76. The Kier molecular flexibility index (Phi) is 3.63. The first-order chi connectivity index (χ1) is 11.3. The summed E-state index contributed by atoms with van der Waals surface area (Å²) in [6, 6.07) is 0. The van der Waals surface area contributed by atoms with E-state index in [1.54, 1.807) is 11.0 Å². The van der Waals surface area contributed by atoms with Crippen molar-refractivity contribution in [1.82, 2.24) is 29.9 Å². The summed E-state index contributed by atoms with van der Waals surface area (Å²) < 4.78 is 1.78. The fourth-order valence-electron chi connectivity index (χ4n) is 4.11. The van der Waals surface area contributed by atoms with Gasteiger partial charge in [0.2, 0.25) is 5.91 Å². The number of aromatic nitrogens is 5. The van der Waals surface area contributed by atoms with Crippen molar-refractivity contribution in [2.45, 2.75) is 50.5 Å². The third kappa shape index (κ3) is 2.64. The maximum atomic E-state index is 12.6. The van der Waals surface area contributed by atoms with Gasteiger partial charge < -0.3 is 4.90 Å². The number of nitrogens with zero attached hydrogens (tertiary/aromatic N) is 5. The number of hydrogen-bond donors (Lipinski definition) is 1. The van der Waals surface area contributed by atoms with Crippen molar-refractivity contribution < 1.29 is 4.79 Å². The molecule has 1 atom stereocenters. The molecule has 2 aromatic heterocycles. The van der Waals surface area contributed by atoms with Crippen LogP contribution in [0.5, 0.6) is 0 Å². The predicted molar refractivity (Wildman–Crippen MR) is 83.7 cm³/mol. The number of rotatable bonds is 4. The lowest BCUT2D eigenvalue weighted by Gasteiger charge is -2.40. The number of piperidine rings is 1. The number of hydrogen-bond acceptors (Lipinski definition) is 4. The molecule has 1 aliphatic heterocycles. The normalized spacial score (nSPS) is 23.4. The van der Waals surface area contributed by atoms with Crippen molar-refractivity contribution in [2.75, 3.05) is 13.1 Å². The van der Waals surface area contributed by atoms with Gasteiger partial charge in [-0.05, 0) is 37.7 Å². The SMILES string of the molecule is O=C(CCCn1cncn1)N1CCCC2(CCc3cn[nH]c32)C1. The molecule has 1 saturated heterocycles. The van der Waals surface area contributed by atoms with Gasteiger partial charge in [-0.2, -0.15) is 10.2 Å². The van der Waals surface area contributed by atoms with Crippen LogP contribution in [-0.4, -0.2) is 48.9 Å². The molecule has 4 rings (SSSR count). The number of amides is 1. The van der Waals surface area contributed by atoms with Gasteiger partial charge in [-0.25, -0.2) is 4.98 Å². The van der Waals surface area contributed by atoms with Crippen LogP contribution >= 0.6 is 0 Å². The smallest absolute Gasteiger partial charge is 0.222 e. The van der Waals surface area contributed by atoms with E-state index in [0.717, 1.165) is 51.7 Å². The van der Waals surface area contributed by atoms with E-state index in [1.165, 1.54) is 17.6 Å². The van der Waals surface area contributed by atoms with Gasteiger partial charge in [0.05, 0.1) is 6.20 Å². The van der Waals surface area contributed by atoms with Crippen LogP contribution in [0.25, 0.3) is 0 Å². The highest BCUT2D eigenvalue weighted by Gasteiger charge is 2.44. The average molecular weight is 314 g/mol. The number of carbonyl (C=O) groups is 1. The lowest BCUT2D eigenvalue weighted by Crippen LogP contribution is -2.47. The number of aromatic amines is 1. The summed E-state index contributed by atoms with van der Waals surface area (Å²) >= 11 is 0. The minimum atomic E-state index is 0.117. The molecule has 1 fully saturated rings. The highest BCUT2D eigenvalue weighted by Crippen LogP contribution is 2.43. The number of H-pyrrole nitrogens is 1. The molecule has 1 amide bonds. The first-order valence-electron chi connectivity index (χ1n) is 8.40. The molecule has 0 saturated carbocycles. The fourth-order valence-corrected chi connectivity index (χ4v) is 4.11. The van der Waals surface area contributed by atoms with Crippen molar-refractivity contribution in [3.63, 3.8) is 0 Å². The van der Waals surface area contributed by atoms with Crippen LogP contribution in [0, 0.1) is 0 Å². The maximum Gasteiger partial charge on any atom is 0.222 e. The van der Waals surface area contributed by atoms with Gasteiger partial charge in [-0.15, -0.1) is 0 Å². The summed E-state index contributed by atoms with van der Waals surface area (Å²) in [6.45, 7) is 2.47. The summed E-state index contributed by atoms with van der Waals surface area (Å²) in [5.74, 6) is 0.261. The molecule has 1 spiro atoms. The minimum Gasteiger partial charge on any atom is -0.342 e. The Balaban J connectivity index is 1.37. The molecule has 1 unspecified atom stereocenters. The molecule has 0 radical (unpaired) electrons. The highest BCUT2D eigenvalue weighted by atomic mass is 16.2.